The molecule has 1 unspecified atom stereocenters. The van der Waals surface area contributed by atoms with Crippen molar-refractivity contribution < 1.29 is 13.2 Å². The standard InChI is InChI=1S/C10H20N2O3S/c1-8(2)11-6-10(13)12(3)9-4-5-16(14,15)7-9/h8-9,11H,4-7H2,1-3H3. The molecule has 5 nitrogen and oxygen atoms in total. The van der Waals surface area contributed by atoms with Crippen LogP contribution in [0.3, 0.4) is 0 Å². The highest BCUT2D eigenvalue weighted by Gasteiger charge is 2.32. The summed E-state index contributed by atoms with van der Waals surface area (Å²) < 4.78 is 22.6. The molecule has 0 radical (unpaired) electrons. The first-order valence-corrected chi connectivity index (χ1v) is 7.33. The summed E-state index contributed by atoms with van der Waals surface area (Å²) in [6, 6.07) is 0.108. The van der Waals surface area contributed by atoms with Crippen molar-refractivity contribution >= 4 is 15.7 Å². The number of hydrogen-bond donors (Lipinski definition) is 1. The van der Waals surface area contributed by atoms with E-state index in [1.54, 1.807) is 11.9 Å². The molecule has 0 spiro atoms. The lowest BCUT2D eigenvalue weighted by Gasteiger charge is -2.24. The molecule has 0 aromatic carbocycles. The van der Waals surface area contributed by atoms with Crippen LogP contribution in [0.4, 0.5) is 0 Å². The molecule has 1 amide bonds. The maximum Gasteiger partial charge on any atom is 0.236 e. The second-order valence-electron chi connectivity index (χ2n) is 4.60. The van der Waals surface area contributed by atoms with Crippen LogP contribution >= 0.6 is 0 Å². The summed E-state index contributed by atoms with van der Waals surface area (Å²) in [5.41, 5.74) is 0. The molecule has 1 aliphatic rings. The summed E-state index contributed by atoms with van der Waals surface area (Å²) in [6.07, 6.45) is 0.562. The van der Waals surface area contributed by atoms with Gasteiger partial charge in [0.05, 0.1) is 18.1 Å². The predicted octanol–water partition coefficient (Wildman–Crippen LogP) is -0.370. The Labute approximate surface area is 97.1 Å². The van der Waals surface area contributed by atoms with Gasteiger partial charge in [0.25, 0.3) is 0 Å². The molecular formula is C10H20N2O3S. The number of carbonyl (C=O) groups is 1. The summed E-state index contributed by atoms with van der Waals surface area (Å²) in [4.78, 5) is 13.3. The maximum absolute atomic E-state index is 11.7. The van der Waals surface area contributed by atoms with Gasteiger partial charge in [0, 0.05) is 19.1 Å². The Bertz CT molecular complexity index is 351. The van der Waals surface area contributed by atoms with Gasteiger partial charge in [-0.25, -0.2) is 8.42 Å². The molecule has 1 fully saturated rings. The van der Waals surface area contributed by atoms with Gasteiger partial charge in [-0.15, -0.1) is 0 Å². The Hall–Kier alpha value is -0.620. The second kappa shape index (κ2) is 5.14. The number of likely N-dealkylation sites (N-methyl/N-ethyl adjacent to an activating group) is 1. The van der Waals surface area contributed by atoms with E-state index in [2.05, 4.69) is 5.32 Å². The highest BCUT2D eigenvalue weighted by Crippen LogP contribution is 2.16. The third-order valence-electron chi connectivity index (χ3n) is 2.81. The zero-order valence-corrected chi connectivity index (χ0v) is 10.9. The molecule has 0 aliphatic carbocycles. The summed E-state index contributed by atoms with van der Waals surface area (Å²) in [7, 11) is -1.24. The monoisotopic (exact) mass is 248 g/mol. The molecule has 1 atom stereocenters. The van der Waals surface area contributed by atoms with Gasteiger partial charge in [-0.1, -0.05) is 13.8 Å². The van der Waals surface area contributed by atoms with Crippen LogP contribution < -0.4 is 5.32 Å². The minimum atomic E-state index is -2.92. The third kappa shape index (κ3) is 3.75. The van der Waals surface area contributed by atoms with Crippen molar-refractivity contribution in [1.82, 2.24) is 10.2 Å². The van der Waals surface area contributed by atoms with Gasteiger partial charge in [0.15, 0.2) is 9.84 Å². The molecule has 16 heavy (non-hydrogen) atoms. The van der Waals surface area contributed by atoms with E-state index in [1.165, 1.54) is 0 Å². The minimum absolute atomic E-state index is 0.0456. The van der Waals surface area contributed by atoms with Crippen LogP contribution in [-0.2, 0) is 14.6 Å². The van der Waals surface area contributed by atoms with E-state index in [4.69, 9.17) is 0 Å². The van der Waals surface area contributed by atoms with Crippen molar-refractivity contribution in [1.29, 1.82) is 0 Å². The zero-order chi connectivity index (χ0) is 12.3. The number of nitrogens with one attached hydrogen (secondary N) is 1. The fourth-order valence-corrected chi connectivity index (χ4v) is 3.47. The Morgan fingerprint density at radius 1 is 1.50 bits per heavy atom. The lowest BCUT2D eigenvalue weighted by Crippen LogP contribution is -2.43. The SMILES string of the molecule is CC(C)NCC(=O)N(C)C1CCS(=O)(=O)C1. The summed E-state index contributed by atoms with van der Waals surface area (Å²) >= 11 is 0. The lowest BCUT2D eigenvalue weighted by atomic mass is 10.2. The second-order valence-corrected chi connectivity index (χ2v) is 6.83. The van der Waals surface area contributed by atoms with Gasteiger partial charge in [0.1, 0.15) is 0 Å². The first-order valence-electron chi connectivity index (χ1n) is 5.51. The van der Waals surface area contributed by atoms with E-state index >= 15 is 0 Å². The van der Waals surface area contributed by atoms with Crippen molar-refractivity contribution in [3.05, 3.63) is 0 Å². The molecule has 6 heteroatoms. The Morgan fingerprint density at radius 2 is 2.12 bits per heavy atom. The zero-order valence-electron chi connectivity index (χ0n) is 10.1. The van der Waals surface area contributed by atoms with Gasteiger partial charge in [-0.05, 0) is 6.42 Å². The number of nitrogens with zero attached hydrogens (tertiary/aromatic N) is 1. The normalized spacial score (nSPS) is 23.6. The Kier molecular flexibility index (Phi) is 4.32. The molecule has 1 rings (SSSR count). The minimum Gasteiger partial charge on any atom is -0.341 e. The van der Waals surface area contributed by atoms with Gasteiger partial charge in [-0.3, -0.25) is 4.79 Å². The quantitative estimate of drug-likeness (QED) is 0.737. The molecule has 1 saturated heterocycles. The number of amides is 1. The molecule has 1 heterocycles. The molecular weight excluding hydrogens is 228 g/mol. The molecule has 0 aromatic heterocycles. The van der Waals surface area contributed by atoms with Crippen molar-refractivity contribution in [3.8, 4) is 0 Å². The van der Waals surface area contributed by atoms with Crippen molar-refractivity contribution in [3.63, 3.8) is 0 Å². The van der Waals surface area contributed by atoms with Gasteiger partial charge >= 0.3 is 0 Å². The summed E-state index contributed by atoms with van der Waals surface area (Å²) in [5, 5.41) is 3.03. The van der Waals surface area contributed by atoms with Crippen molar-refractivity contribution in [2.24, 2.45) is 0 Å². The van der Waals surface area contributed by atoms with E-state index in [1.807, 2.05) is 13.8 Å². The van der Waals surface area contributed by atoms with Crippen LogP contribution in [0.15, 0.2) is 0 Å². The predicted molar refractivity (Wildman–Crippen MR) is 63.0 cm³/mol. The lowest BCUT2D eigenvalue weighted by molar-refractivity contribution is -0.130. The maximum atomic E-state index is 11.7. The van der Waals surface area contributed by atoms with Crippen molar-refractivity contribution in [2.75, 3.05) is 25.1 Å². The number of sulfone groups is 1. The molecule has 94 valence electrons. The first kappa shape index (κ1) is 13.4. The van der Waals surface area contributed by atoms with Gasteiger partial charge in [0.2, 0.25) is 5.91 Å². The number of carbonyl (C=O) groups excluding carboxylic acids is 1. The van der Waals surface area contributed by atoms with E-state index < -0.39 is 9.84 Å². The molecule has 1 aliphatic heterocycles. The van der Waals surface area contributed by atoms with Gasteiger partial charge < -0.3 is 10.2 Å². The first-order chi connectivity index (χ1) is 7.32. The fourth-order valence-electron chi connectivity index (χ4n) is 1.70. The average molecular weight is 248 g/mol. The van der Waals surface area contributed by atoms with Crippen LogP contribution in [0, 0.1) is 0 Å². The third-order valence-corrected chi connectivity index (χ3v) is 4.56. The van der Waals surface area contributed by atoms with Crippen LogP contribution in [0.5, 0.6) is 0 Å². The van der Waals surface area contributed by atoms with Crippen LogP contribution in [0.25, 0.3) is 0 Å². The van der Waals surface area contributed by atoms with E-state index in [9.17, 15) is 13.2 Å². The topological polar surface area (TPSA) is 66.5 Å². The highest BCUT2D eigenvalue weighted by atomic mass is 32.2. The van der Waals surface area contributed by atoms with Crippen LogP contribution in [-0.4, -0.2) is 56.4 Å². The van der Waals surface area contributed by atoms with E-state index in [-0.39, 0.29) is 36.0 Å². The largest absolute Gasteiger partial charge is 0.341 e. The fraction of sp³-hybridized carbons (Fsp3) is 0.900. The number of hydrogen-bond acceptors (Lipinski definition) is 4. The molecule has 1 N–H and O–H groups in total. The van der Waals surface area contributed by atoms with E-state index in [0.717, 1.165) is 0 Å². The van der Waals surface area contributed by atoms with Crippen LogP contribution in [0.1, 0.15) is 20.3 Å². The highest BCUT2D eigenvalue weighted by molar-refractivity contribution is 7.91. The van der Waals surface area contributed by atoms with Crippen molar-refractivity contribution in [2.45, 2.75) is 32.4 Å². The van der Waals surface area contributed by atoms with Crippen LogP contribution in [0.2, 0.25) is 0 Å². The van der Waals surface area contributed by atoms with Gasteiger partial charge in [-0.2, -0.15) is 0 Å². The Morgan fingerprint density at radius 3 is 2.56 bits per heavy atom. The molecule has 0 aromatic rings. The summed E-state index contributed by atoms with van der Waals surface area (Å²) in [6.45, 7) is 4.20. The molecule has 0 saturated carbocycles. The number of rotatable bonds is 4. The average Bonchev–Trinajstić information content (AvgIpc) is 2.54. The molecule has 0 bridgehead atoms. The smallest absolute Gasteiger partial charge is 0.236 e. The van der Waals surface area contributed by atoms with E-state index in [0.29, 0.717) is 6.42 Å². The Balaban J connectivity index is 2.46. The summed E-state index contributed by atoms with van der Waals surface area (Å²) in [5.74, 6) is 0.264.